The lowest BCUT2D eigenvalue weighted by molar-refractivity contribution is -0.394. The highest BCUT2D eigenvalue weighted by Crippen LogP contribution is 2.30. The summed E-state index contributed by atoms with van der Waals surface area (Å²) >= 11 is 0. The van der Waals surface area contributed by atoms with Crippen LogP contribution in [-0.4, -0.2) is 20.7 Å². The van der Waals surface area contributed by atoms with Crippen LogP contribution in [0.15, 0.2) is 66.9 Å². The zero-order chi connectivity index (χ0) is 21.0. The van der Waals surface area contributed by atoms with Crippen molar-refractivity contribution in [2.75, 3.05) is 4.90 Å². The Balaban J connectivity index is 2.13. The van der Waals surface area contributed by atoms with Gasteiger partial charge < -0.3 is 0 Å². The van der Waals surface area contributed by atoms with E-state index in [1.807, 2.05) is 30.3 Å². The first-order valence-electron chi connectivity index (χ1n) is 8.58. The first-order valence-corrected chi connectivity index (χ1v) is 8.58. The molecule has 0 radical (unpaired) electrons. The molecule has 3 rings (SSSR count). The largest absolute Gasteiger partial charge is 0.288 e. The van der Waals surface area contributed by atoms with Crippen molar-refractivity contribution < 1.29 is 14.6 Å². The number of carbonyl (C=O) groups is 1. The number of hydrogen-bond acceptors (Lipinski definition) is 6. The lowest BCUT2D eigenvalue weighted by atomic mass is 10.0. The Labute approximate surface area is 165 Å². The first-order chi connectivity index (χ1) is 13.9. The van der Waals surface area contributed by atoms with E-state index in [1.165, 1.54) is 18.0 Å². The molecule has 9 heteroatoms. The van der Waals surface area contributed by atoms with Gasteiger partial charge in [0.25, 0.3) is 17.3 Å². The average Bonchev–Trinajstić information content (AvgIpc) is 2.72. The van der Waals surface area contributed by atoms with Crippen LogP contribution in [0.5, 0.6) is 0 Å². The lowest BCUT2D eigenvalue weighted by Gasteiger charge is -2.22. The number of rotatable bonds is 6. The van der Waals surface area contributed by atoms with Crippen molar-refractivity contribution in [1.29, 1.82) is 0 Å². The van der Waals surface area contributed by atoms with Gasteiger partial charge in [0, 0.05) is 17.8 Å². The summed E-state index contributed by atoms with van der Waals surface area (Å²) in [5, 5.41) is 22.6. The van der Waals surface area contributed by atoms with E-state index >= 15 is 0 Å². The van der Waals surface area contributed by atoms with E-state index in [1.54, 1.807) is 18.2 Å². The van der Waals surface area contributed by atoms with Gasteiger partial charge in [-0.3, -0.25) is 29.9 Å². The van der Waals surface area contributed by atoms with E-state index in [4.69, 9.17) is 0 Å². The van der Waals surface area contributed by atoms with Crippen LogP contribution in [0.25, 0.3) is 0 Å². The molecule has 9 nitrogen and oxygen atoms in total. The van der Waals surface area contributed by atoms with Gasteiger partial charge in [-0.15, -0.1) is 0 Å². The Kier molecular flexibility index (Phi) is 5.59. The van der Waals surface area contributed by atoms with E-state index < -0.39 is 27.1 Å². The second-order valence-electron chi connectivity index (χ2n) is 6.22. The number of anilines is 1. The summed E-state index contributed by atoms with van der Waals surface area (Å²) in [4.78, 5) is 40.0. The van der Waals surface area contributed by atoms with E-state index in [-0.39, 0.29) is 17.7 Å². The van der Waals surface area contributed by atoms with E-state index in [9.17, 15) is 25.0 Å². The number of hydrogen-bond donors (Lipinski definition) is 0. The molecule has 0 unspecified atom stereocenters. The number of nitro groups is 2. The van der Waals surface area contributed by atoms with Gasteiger partial charge >= 0.3 is 0 Å². The third kappa shape index (κ3) is 4.24. The Bertz CT molecular complexity index is 1070. The van der Waals surface area contributed by atoms with Crippen LogP contribution in [0.2, 0.25) is 0 Å². The SMILES string of the molecule is Cc1c(C(=O)N(Cc2ccccc2)c2ccccn2)cc([N+](=O)[O-])cc1[N+](=O)[O-]. The van der Waals surface area contributed by atoms with Crippen LogP contribution in [0.4, 0.5) is 17.2 Å². The topological polar surface area (TPSA) is 119 Å². The van der Waals surface area contributed by atoms with Gasteiger partial charge in [-0.2, -0.15) is 0 Å². The molecule has 146 valence electrons. The molecule has 1 aromatic heterocycles. The van der Waals surface area contributed by atoms with Gasteiger partial charge in [0.05, 0.1) is 28.0 Å². The molecular formula is C20H16N4O5. The third-order valence-corrected chi connectivity index (χ3v) is 4.36. The second-order valence-corrected chi connectivity index (χ2v) is 6.22. The zero-order valence-corrected chi connectivity index (χ0v) is 15.4. The molecule has 0 spiro atoms. The minimum absolute atomic E-state index is 0.0552. The number of benzene rings is 2. The molecule has 1 heterocycles. The Hall–Kier alpha value is -4.14. The monoisotopic (exact) mass is 392 g/mol. The Morgan fingerprint density at radius 2 is 1.69 bits per heavy atom. The van der Waals surface area contributed by atoms with Gasteiger partial charge in [-0.1, -0.05) is 36.4 Å². The number of pyridine rings is 1. The summed E-state index contributed by atoms with van der Waals surface area (Å²) in [6.45, 7) is 1.54. The smallest absolute Gasteiger partial charge is 0.279 e. The van der Waals surface area contributed by atoms with Gasteiger partial charge in [-0.05, 0) is 24.6 Å². The third-order valence-electron chi connectivity index (χ3n) is 4.36. The molecule has 0 aliphatic rings. The average molecular weight is 392 g/mol. The van der Waals surface area contributed by atoms with Crippen LogP contribution in [0, 0.1) is 27.2 Å². The normalized spacial score (nSPS) is 10.4. The Morgan fingerprint density at radius 3 is 2.28 bits per heavy atom. The summed E-state index contributed by atoms with van der Waals surface area (Å²) < 4.78 is 0. The molecule has 0 atom stereocenters. The minimum atomic E-state index is -0.758. The van der Waals surface area contributed by atoms with Crippen LogP contribution in [0.1, 0.15) is 21.5 Å². The molecule has 0 aliphatic carbocycles. The highest BCUT2D eigenvalue weighted by molar-refractivity contribution is 6.07. The Morgan fingerprint density at radius 1 is 1.00 bits per heavy atom. The van der Waals surface area contributed by atoms with Crippen LogP contribution < -0.4 is 4.90 Å². The fourth-order valence-electron chi connectivity index (χ4n) is 2.88. The lowest BCUT2D eigenvalue weighted by Crippen LogP contribution is -2.31. The number of non-ortho nitro benzene ring substituents is 1. The maximum atomic E-state index is 13.4. The van der Waals surface area contributed by atoms with Crippen molar-refractivity contribution in [3.05, 3.63) is 104 Å². The summed E-state index contributed by atoms with van der Waals surface area (Å²) in [5.74, 6) is -0.285. The van der Waals surface area contributed by atoms with Gasteiger partial charge in [-0.25, -0.2) is 4.98 Å². The maximum Gasteiger partial charge on any atom is 0.279 e. The molecular weight excluding hydrogens is 376 g/mol. The van der Waals surface area contributed by atoms with E-state index in [2.05, 4.69) is 4.98 Å². The molecule has 2 aromatic carbocycles. The predicted octanol–water partition coefficient (Wildman–Crippen LogP) is 4.05. The molecule has 0 fully saturated rings. The molecule has 3 aromatic rings. The van der Waals surface area contributed by atoms with Gasteiger partial charge in [0.2, 0.25) is 0 Å². The van der Waals surface area contributed by atoms with Crippen LogP contribution in [-0.2, 0) is 6.54 Å². The number of carbonyl (C=O) groups excluding carboxylic acids is 1. The minimum Gasteiger partial charge on any atom is -0.288 e. The van der Waals surface area contributed by atoms with Crippen LogP contribution in [0.3, 0.4) is 0 Å². The van der Waals surface area contributed by atoms with Crippen molar-refractivity contribution in [2.45, 2.75) is 13.5 Å². The first kappa shape index (κ1) is 19.6. The van der Waals surface area contributed by atoms with Gasteiger partial charge in [0.1, 0.15) is 5.82 Å². The second kappa shape index (κ2) is 8.26. The highest BCUT2D eigenvalue weighted by atomic mass is 16.6. The number of nitro benzene ring substituents is 2. The highest BCUT2D eigenvalue weighted by Gasteiger charge is 2.28. The summed E-state index contributed by atoms with van der Waals surface area (Å²) in [7, 11) is 0. The molecule has 0 saturated carbocycles. The molecule has 0 bridgehead atoms. The van der Waals surface area contributed by atoms with Gasteiger partial charge in [0.15, 0.2) is 0 Å². The molecule has 0 N–H and O–H groups in total. The van der Waals surface area contributed by atoms with Crippen molar-refractivity contribution in [3.8, 4) is 0 Å². The zero-order valence-electron chi connectivity index (χ0n) is 15.4. The van der Waals surface area contributed by atoms with E-state index in [0.717, 1.165) is 17.7 Å². The summed E-state index contributed by atoms with van der Waals surface area (Å²) in [6.07, 6.45) is 1.52. The molecule has 29 heavy (non-hydrogen) atoms. The molecule has 1 amide bonds. The van der Waals surface area contributed by atoms with Crippen molar-refractivity contribution in [1.82, 2.24) is 4.98 Å². The molecule has 0 aliphatic heterocycles. The predicted molar refractivity (Wildman–Crippen MR) is 106 cm³/mol. The summed E-state index contributed by atoms with van der Waals surface area (Å²) in [6, 6.07) is 16.1. The molecule has 0 saturated heterocycles. The van der Waals surface area contributed by atoms with E-state index in [0.29, 0.717) is 5.82 Å². The van der Waals surface area contributed by atoms with Crippen LogP contribution >= 0.6 is 0 Å². The standard InChI is InChI=1S/C20H16N4O5/c1-14-17(11-16(23(26)27)12-18(14)24(28)29)20(25)22(19-9-5-6-10-21-19)13-15-7-3-2-4-8-15/h2-12H,13H2,1H3. The number of amides is 1. The van der Waals surface area contributed by atoms with Crippen molar-refractivity contribution >= 4 is 23.1 Å². The maximum absolute atomic E-state index is 13.4. The van der Waals surface area contributed by atoms with Crippen molar-refractivity contribution in [3.63, 3.8) is 0 Å². The fraction of sp³-hybridized carbons (Fsp3) is 0.100. The van der Waals surface area contributed by atoms with Crippen molar-refractivity contribution in [2.24, 2.45) is 0 Å². The number of aromatic nitrogens is 1. The fourth-order valence-corrected chi connectivity index (χ4v) is 2.88. The quantitative estimate of drug-likeness (QED) is 0.461. The number of nitrogens with zero attached hydrogens (tertiary/aromatic N) is 4. The summed E-state index contributed by atoms with van der Waals surface area (Å²) in [5.41, 5.74) is -0.259.